The molecule has 0 fully saturated rings. The molecule has 0 spiro atoms. The Hall–Kier alpha value is -2.50. The van der Waals surface area contributed by atoms with E-state index in [1.807, 2.05) is 6.92 Å². The molecule has 0 saturated heterocycles. The van der Waals surface area contributed by atoms with Gasteiger partial charge in [0, 0.05) is 27.6 Å². The monoisotopic (exact) mass is 405 g/mol. The Bertz CT molecular complexity index is 1050. The number of hydrogen-bond acceptors (Lipinski definition) is 4. The first-order valence-electron chi connectivity index (χ1n) is 8.29. The molecule has 0 aliphatic heterocycles. The van der Waals surface area contributed by atoms with Crippen LogP contribution in [0.4, 0.5) is 0 Å². The fraction of sp³-hybridized carbons (Fsp3) is 0.200. The number of carbonyl (C=O) groups excluding carboxylic acids is 1. The van der Waals surface area contributed by atoms with E-state index in [-0.39, 0.29) is 11.9 Å². The van der Waals surface area contributed by atoms with Gasteiger partial charge in [-0.1, -0.05) is 29.3 Å². The number of nitrogens with one attached hydrogen (secondary N) is 1. The van der Waals surface area contributed by atoms with E-state index >= 15 is 0 Å². The molecule has 0 saturated carbocycles. The molecule has 27 heavy (non-hydrogen) atoms. The summed E-state index contributed by atoms with van der Waals surface area (Å²) in [5, 5.41) is 4.64. The maximum Gasteiger partial charge on any atom is 0.336 e. The summed E-state index contributed by atoms with van der Waals surface area (Å²) in [6.45, 7) is 3.46. The van der Waals surface area contributed by atoms with Crippen LogP contribution in [0.5, 0.6) is 5.75 Å². The van der Waals surface area contributed by atoms with Crippen LogP contribution in [0.25, 0.3) is 11.0 Å². The summed E-state index contributed by atoms with van der Waals surface area (Å²) in [5.41, 5.74) is 0.710. The Morgan fingerprint density at radius 3 is 2.56 bits per heavy atom. The first-order chi connectivity index (χ1) is 12.8. The van der Waals surface area contributed by atoms with Crippen LogP contribution in [-0.4, -0.2) is 12.0 Å². The third-order valence-electron chi connectivity index (χ3n) is 4.06. The lowest BCUT2D eigenvalue weighted by atomic mass is 10.1. The van der Waals surface area contributed by atoms with E-state index in [0.29, 0.717) is 21.4 Å². The van der Waals surface area contributed by atoms with Crippen molar-refractivity contribution in [3.8, 4) is 5.75 Å². The van der Waals surface area contributed by atoms with Crippen LogP contribution < -0.4 is 15.7 Å². The minimum atomic E-state index is -0.758. The van der Waals surface area contributed by atoms with E-state index in [9.17, 15) is 9.59 Å². The minimum Gasteiger partial charge on any atom is -0.481 e. The van der Waals surface area contributed by atoms with Gasteiger partial charge in [-0.2, -0.15) is 0 Å². The summed E-state index contributed by atoms with van der Waals surface area (Å²) in [6, 6.07) is 12.9. The number of amides is 1. The molecule has 0 unspecified atom stereocenters. The molecule has 0 radical (unpaired) electrons. The Kier molecular flexibility index (Phi) is 5.73. The number of rotatable bonds is 5. The lowest BCUT2D eigenvalue weighted by Gasteiger charge is -2.20. The predicted molar refractivity (Wildman–Crippen MR) is 106 cm³/mol. The average Bonchev–Trinajstić information content (AvgIpc) is 2.61. The van der Waals surface area contributed by atoms with Gasteiger partial charge >= 0.3 is 5.63 Å². The van der Waals surface area contributed by atoms with Gasteiger partial charge in [0.2, 0.25) is 0 Å². The molecule has 3 rings (SSSR count). The van der Waals surface area contributed by atoms with Crippen molar-refractivity contribution in [1.82, 2.24) is 5.32 Å². The zero-order chi connectivity index (χ0) is 19.6. The van der Waals surface area contributed by atoms with Crippen molar-refractivity contribution in [2.24, 2.45) is 0 Å². The average molecular weight is 406 g/mol. The topological polar surface area (TPSA) is 68.5 Å². The summed E-state index contributed by atoms with van der Waals surface area (Å²) in [6.07, 6.45) is -0.758. The van der Waals surface area contributed by atoms with Gasteiger partial charge < -0.3 is 14.5 Å². The molecular weight excluding hydrogens is 389 g/mol. The lowest BCUT2D eigenvalue weighted by Crippen LogP contribution is -2.37. The maximum atomic E-state index is 12.4. The second-order valence-corrected chi connectivity index (χ2v) is 6.95. The zero-order valence-corrected chi connectivity index (χ0v) is 16.2. The maximum absolute atomic E-state index is 12.4. The molecule has 7 heteroatoms. The molecule has 2 atom stereocenters. The highest BCUT2D eigenvalue weighted by Crippen LogP contribution is 2.26. The molecular formula is C20H17Cl2NO4. The van der Waals surface area contributed by atoms with Gasteiger partial charge in [0.25, 0.3) is 5.91 Å². The van der Waals surface area contributed by atoms with Crippen LogP contribution in [0.3, 0.4) is 0 Å². The predicted octanol–water partition coefficient (Wildman–Crippen LogP) is 4.74. The molecule has 0 aliphatic rings. The van der Waals surface area contributed by atoms with Crippen LogP contribution in [0.1, 0.15) is 25.5 Å². The molecule has 0 aliphatic carbocycles. The Labute approximate surface area is 165 Å². The SMILES string of the molecule is C[C@H](Oc1ccc2ccc(=O)oc2c1)C(=O)N[C@H](C)c1ccc(Cl)cc1Cl. The highest BCUT2D eigenvalue weighted by atomic mass is 35.5. The number of carbonyl (C=O) groups is 1. The molecule has 1 N–H and O–H groups in total. The quantitative estimate of drug-likeness (QED) is 0.622. The molecule has 140 valence electrons. The fourth-order valence-corrected chi connectivity index (χ4v) is 3.21. The van der Waals surface area contributed by atoms with E-state index in [1.165, 1.54) is 6.07 Å². The van der Waals surface area contributed by atoms with E-state index in [2.05, 4.69) is 5.32 Å². The standard InChI is InChI=1S/C20H17Cl2NO4/c1-11(16-7-5-14(21)9-17(16)22)23-20(25)12(2)26-15-6-3-13-4-8-19(24)27-18(13)10-15/h3-12H,1-2H3,(H,23,25)/t11-,12+/m1/s1. The van der Waals surface area contributed by atoms with Gasteiger partial charge in [0.05, 0.1) is 6.04 Å². The van der Waals surface area contributed by atoms with Crippen LogP contribution in [0.2, 0.25) is 10.0 Å². The smallest absolute Gasteiger partial charge is 0.336 e. The molecule has 3 aromatic rings. The Morgan fingerprint density at radius 2 is 1.81 bits per heavy atom. The van der Waals surface area contributed by atoms with Crippen LogP contribution in [-0.2, 0) is 4.79 Å². The van der Waals surface area contributed by atoms with Gasteiger partial charge in [-0.25, -0.2) is 4.79 Å². The van der Waals surface area contributed by atoms with Gasteiger partial charge in [-0.3, -0.25) is 4.79 Å². The highest BCUT2D eigenvalue weighted by Gasteiger charge is 2.19. The molecule has 1 aromatic heterocycles. The van der Waals surface area contributed by atoms with Crippen LogP contribution in [0, 0.1) is 0 Å². The number of halogens is 2. The second kappa shape index (κ2) is 8.03. The van der Waals surface area contributed by atoms with E-state index in [0.717, 1.165) is 10.9 Å². The summed E-state index contributed by atoms with van der Waals surface area (Å²) >= 11 is 12.1. The first-order valence-corrected chi connectivity index (χ1v) is 9.05. The summed E-state index contributed by atoms with van der Waals surface area (Å²) < 4.78 is 10.8. The number of ether oxygens (including phenoxy) is 1. The third-order valence-corrected chi connectivity index (χ3v) is 4.63. The Balaban J connectivity index is 1.69. The van der Waals surface area contributed by atoms with Gasteiger partial charge in [-0.05, 0) is 49.7 Å². The minimum absolute atomic E-state index is 0.303. The van der Waals surface area contributed by atoms with E-state index in [1.54, 1.807) is 49.4 Å². The first kappa shape index (κ1) is 19.3. The largest absolute Gasteiger partial charge is 0.481 e. The van der Waals surface area contributed by atoms with Crippen molar-refractivity contribution >= 4 is 40.1 Å². The van der Waals surface area contributed by atoms with Gasteiger partial charge in [0.1, 0.15) is 11.3 Å². The van der Waals surface area contributed by atoms with E-state index < -0.39 is 11.7 Å². The molecule has 5 nitrogen and oxygen atoms in total. The number of benzene rings is 2. The Morgan fingerprint density at radius 1 is 1.07 bits per heavy atom. The molecule has 2 aromatic carbocycles. The highest BCUT2D eigenvalue weighted by molar-refractivity contribution is 6.35. The van der Waals surface area contributed by atoms with Gasteiger partial charge in [0.15, 0.2) is 6.10 Å². The summed E-state index contributed by atoms with van der Waals surface area (Å²) in [4.78, 5) is 23.8. The molecule has 0 bridgehead atoms. The van der Waals surface area contributed by atoms with Crippen molar-refractivity contribution in [2.75, 3.05) is 0 Å². The number of fused-ring (bicyclic) bond motifs is 1. The van der Waals surface area contributed by atoms with E-state index in [4.69, 9.17) is 32.4 Å². The number of hydrogen-bond donors (Lipinski definition) is 1. The van der Waals surface area contributed by atoms with Crippen molar-refractivity contribution in [3.63, 3.8) is 0 Å². The van der Waals surface area contributed by atoms with Crippen molar-refractivity contribution in [2.45, 2.75) is 26.0 Å². The van der Waals surface area contributed by atoms with Crippen molar-refractivity contribution in [1.29, 1.82) is 0 Å². The molecule has 1 amide bonds. The van der Waals surface area contributed by atoms with Crippen molar-refractivity contribution < 1.29 is 13.9 Å². The lowest BCUT2D eigenvalue weighted by molar-refractivity contribution is -0.127. The van der Waals surface area contributed by atoms with Crippen LogP contribution in [0.15, 0.2) is 57.7 Å². The second-order valence-electron chi connectivity index (χ2n) is 6.11. The van der Waals surface area contributed by atoms with Crippen molar-refractivity contribution in [3.05, 3.63) is 74.6 Å². The zero-order valence-electron chi connectivity index (χ0n) is 14.7. The normalized spacial score (nSPS) is 13.2. The van der Waals surface area contributed by atoms with Crippen LogP contribution >= 0.6 is 23.2 Å². The molecule has 1 heterocycles. The van der Waals surface area contributed by atoms with Gasteiger partial charge in [-0.15, -0.1) is 0 Å². The third kappa shape index (κ3) is 4.62. The summed E-state index contributed by atoms with van der Waals surface area (Å²) in [5.74, 6) is 0.125. The fourth-order valence-electron chi connectivity index (χ4n) is 2.63. The summed E-state index contributed by atoms with van der Waals surface area (Å²) in [7, 11) is 0.